The van der Waals surface area contributed by atoms with Gasteiger partial charge < -0.3 is 9.30 Å². The van der Waals surface area contributed by atoms with E-state index in [9.17, 15) is 0 Å². The quantitative estimate of drug-likeness (QED) is 0.547. The van der Waals surface area contributed by atoms with Crippen molar-refractivity contribution in [1.82, 2.24) is 14.8 Å². The van der Waals surface area contributed by atoms with Crippen molar-refractivity contribution >= 4 is 23.4 Å². The summed E-state index contributed by atoms with van der Waals surface area (Å²) in [4.78, 5) is 0. The first-order chi connectivity index (χ1) is 9.79. The van der Waals surface area contributed by atoms with Crippen LogP contribution in [0.4, 0.5) is 0 Å². The molecule has 0 atom stereocenters. The standard InChI is InChI=1S/C14H18ClN3OS/c1-2-3-8-18-11-16-17-14(18)20-10-9-19-13-6-4-12(15)5-7-13/h4-7,11H,2-3,8-10H2,1H3. The Labute approximate surface area is 128 Å². The number of hydrogen-bond acceptors (Lipinski definition) is 4. The molecule has 0 aliphatic carbocycles. The van der Waals surface area contributed by atoms with Gasteiger partial charge in [0.2, 0.25) is 0 Å². The third-order valence-electron chi connectivity index (χ3n) is 2.73. The van der Waals surface area contributed by atoms with Crippen LogP contribution in [0.3, 0.4) is 0 Å². The van der Waals surface area contributed by atoms with Crippen molar-refractivity contribution in [2.75, 3.05) is 12.4 Å². The minimum atomic E-state index is 0.632. The lowest BCUT2D eigenvalue weighted by atomic mass is 10.3. The third kappa shape index (κ3) is 4.72. The molecule has 0 spiro atoms. The Balaban J connectivity index is 1.73. The maximum atomic E-state index is 5.82. The van der Waals surface area contributed by atoms with E-state index >= 15 is 0 Å². The second-order valence-corrected chi connectivity index (χ2v) is 5.81. The van der Waals surface area contributed by atoms with Crippen molar-refractivity contribution in [3.8, 4) is 5.75 Å². The van der Waals surface area contributed by atoms with Gasteiger partial charge in [-0.05, 0) is 30.7 Å². The summed E-state index contributed by atoms with van der Waals surface area (Å²) >= 11 is 7.49. The molecule has 0 aliphatic heterocycles. The molecule has 1 aromatic carbocycles. The van der Waals surface area contributed by atoms with Crippen molar-refractivity contribution < 1.29 is 4.74 Å². The van der Waals surface area contributed by atoms with Crippen LogP contribution < -0.4 is 4.74 Å². The van der Waals surface area contributed by atoms with Crippen LogP contribution in [0.5, 0.6) is 5.75 Å². The number of thioether (sulfide) groups is 1. The molecule has 1 heterocycles. The van der Waals surface area contributed by atoms with E-state index in [0.29, 0.717) is 6.61 Å². The van der Waals surface area contributed by atoms with E-state index in [1.54, 1.807) is 18.1 Å². The van der Waals surface area contributed by atoms with Crippen LogP contribution in [-0.2, 0) is 6.54 Å². The summed E-state index contributed by atoms with van der Waals surface area (Å²) in [5.74, 6) is 1.68. The molecule has 0 bridgehead atoms. The first-order valence-corrected chi connectivity index (χ1v) is 8.05. The summed E-state index contributed by atoms with van der Waals surface area (Å²) < 4.78 is 7.74. The van der Waals surface area contributed by atoms with Gasteiger partial charge in [-0.2, -0.15) is 0 Å². The largest absolute Gasteiger partial charge is 0.493 e. The molecule has 4 nitrogen and oxygen atoms in total. The molecule has 0 unspecified atom stereocenters. The van der Waals surface area contributed by atoms with Gasteiger partial charge in [0.15, 0.2) is 5.16 Å². The van der Waals surface area contributed by atoms with Gasteiger partial charge in [0.25, 0.3) is 0 Å². The average Bonchev–Trinajstić information content (AvgIpc) is 2.91. The highest BCUT2D eigenvalue weighted by molar-refractivity contribution is 7.99. The number of hydrogen-bond donors (Lipinski definition) is 0. The summed E-state index contributed by atoms with van der Waals surface area (Å²) in [6, 6.07) is 7.39. The third-order valence-corrected chi connectivity index (χ3v) is 3.93. The predicted octanol–water partition coefficient (Wildman–Crippen LogP) is 3.90. The molecule has 0 amide bonds. The Morgan fingerprint density at radius 2 is 2.10 bits per heavy atom. The highest BCUT2D eigenvalue weighted by atomic mass is 35.5. The number of aryl methyl sites for hydroxylation is 1. The van der Waals surface area contributed by atoms with Gasteiger partial charge in [-0.25, -0.2) is 0 Å². The van der Waals surface area contributed by atoms with Gasteiger partial charge >= 0.3 is 0 Å². The molecule has 6 heteroatoms. The van der Waals surface area contributed by atoms with Crippen molar-refractivity contribution in [2.24, 2.45) is 0 Å². The summed E-state index contributed by atoms with van der Waals surface area (Å²) in [5, 5.41) is 9.76. The Bertz CT molecular complexity index is 515. The van der Waals surface area contributed by atoms with Crippen LogP contribution in [0.2, 0.25) is 5.02 Å². The average molecular weight is 312 g/mol. The molecule has 2 rings (SSSR count). The highest BCUT2D eigenvalue weighted by Gasteiger charge is 2.04. The second-order valence-electron chi connectivity index (χ2n) is 4.31. The van der Waals surface area contributed by atoms with Gasteiger partial charge in [-0.3, -0.25) is 0 Å². The molecule has 0 saturated carbocycles. The Morgan fingerprint density at radius 3 is 2.85 bits per heavy atom. The van der Waals surface area contributed by atoms with E-state index < -0.39 is 0 Å². The van der Waals surface area contributed by atoms with E-state index in [4.69, 9.17) is 16.3 Å². The second kappa shape index (κ2) is 8.17. The van der Waals surface area contributed by atoms with Crippen molar-refractivity contribution in [3.63, 3.8) is 0 Å². The van der Waals surface area contributed by atoms with Crippen LogP contribution in [0.1, 0.15) is 19.8 Å². The van der Waals surface area contributed by atoms with Gasteiger partial charge in [0.1, 0.15) is 12.1 Å². The van der Waals surface area contributed by atoms with E-state index in [2.05, 4.69) is 21.7 Å². The van der Waals surface area contributed by atoms with Crippen molar-refractivity contribution in [2.45, 2.75) is 31.5 Å². The summed E-state index contributed by atoms with van der Waals surface area (Å²) in [6.45, 7) is 3.79. The number of rotatable bonds is 8. The fraction of sp³-hybridized carbons (Fsp3) is 0.429. The maximum absolute atomic E-state index is 5.82. The molecule has 1 aromatic heterocycles. The highest BCUT2D eigenvalue weighted by Crippen LogP contribution is 2.18. The van der Waals surface area contributed by atoms with Crippen LogP contribution in [0.15, 0.2) is 35.7 Å². The lowest BCUT2D eigenvalue weighted by Gasteiger charge is -2.07. The van der Waals surface area contributed by atoms with Crippen LogP contribution in [0.25, 0.3) is 0 Å². The number of unbranched alkanes of at least 4 members (excludes halogenated alkanes) is 1. The molecule has 0 fully saturated rings. The molecule has 0 saturated heterocycles. The van der Waals surface area contributed by atoms with Crippen LogP contribution in [0, 0.1) is 0 Å². The molecule has 108 valence electrons. The SMILES string of the molecule is CCCCn1cnnc1SCCOc1ccc(Cl)cc1. The van der Waals surface area contributed by atoms with Crippen molar-refractivity contribution in [1.29, 1.82) is 0 Å². The zero-order valence-electron chi connectivity index (χ0n) is 11.5. The Morgan fingerprint density at radius 1 is 1.30 bits per heavy atom. The Kier molecular flexibility index (Phi) is 6.21. The lowest BCUT2D eigenvalue weighted by molar-refractivity contribution is 0.344. The molecular weight excluding hydrogens is 294 g/mol. The topological polar surface area (TPSA) is 39.9 Å². The van der Waals surface area contributed by atoms with E-state index in [0.717, 1.165) is 34.6 Å². The fourth-order valence-electron chi connectivity index (χ4n) is 1.66. The molecular formula is C14H18ClN3OS. The van der Waals surface area contributed by atoms with E-state index in [1.807, 2.05) is 24.3 Å². The normalized spacial score (nSPS) is 10.7. The van der Waals surface area contributed by atoms with E-state index in [-0.39, 0.29) is 0 Å². The first-order valence-electron chi connectivity index (χ1n) is 6.68. The minimum absolute atomic E-state index is 0.632. The molecule has 0 aliphatic rings. The van der Waals surface area contributed by atoms with Gasteiger partial charge in [0, 0.05) is 17.3 Å². The van der Waals surface area contributed by atoms with Crippen molar-refractivity contribution in [3.05, 3.63) is 35.6 Å². The zero-order chi connectivity index (χ0) is 14.2. The number of ether oxygens (including phenoxy) is 1. The van der Waals surface area contributed by atoms with Crippen LogP contribution >= 0.6 is 23.4 Å². The minimum Gasteiger partial charge on any atom is -0.493 e. The summed E-state index contributed by atoms with van der Waals surface area (Å²) in [5.41, 5.74) is 0. The maximum Gasteiger partial charge on any atom is 0.191 e. The molecule has 0 radical (unpaired) electrons. The van der Waals surface area contributed by atoms with Crippen LogP contribution in [-0.4, -0.2) is 27.1 Å². The molecule has 0 N–H and O–H groups in total. The molecule has 2 aromatic rings. The first kappa shape index (κ1) is 15.2. The zero-order valence-corrected chi connectivity index (χ0v) is 13.0. The van der Waals surface area contributed by atoms with Gasteiger partial charge in [-0.1, -0.05) is 36.7 Å². The van der Waals surface area contributed by atoms with Gasteiger partial charge in [-0.15, -0.1) is 10.2 Å². The van der Waals surface area contributed by atoms with E-state index in [1.165, 1.54) is 6.42 Å². The predicted molar refractivity (Wildman–Crippen MR) is 82.6 cm³/mol. The number of aromatic nitrogens is 3. The summed E-state index contributed by atoms with van der Waals surface area (Å²) in [7, 11) is 0. The monoisotopic (exact) mass is 311 g/mol. The fourth-order valence-corrected chi connectivity index (χ4v) is 2.55. The lowest BCUT2D eigenvalue weighted by Crippen LogP contribution is -2.03. The summed E-state index contributed by atoms with van der Waals surface area (Å²) in [6.07, 6.45) is 4.10. The number of nitrogens with zero attached hydrogens (tertiary/aromatic N) is 3. The molecule has 20 heavy (non-hydrogen) atoms. The van der Waals surface area contributed by atoms with Gasteiger partial charge in [0.05, 0.1) is 6.61 Å². The smallest absolute Gasteiger partial charge is 0.191 e. The number of benzene rings is 1. The number of halogens is 1. The Hall–Kier alpha value is -1.20.